The van der Waals surface area contributed by atoms with Crippen LogP contribution in [0.3, 0.4) is 0 Å². The molecule has 5 nitrogen and oxygen atoms in total. The SMILES string of the molecule is CC(C)CC(=O)N1CCN(C(=O)[C@@H]2CCCN2)CC1. The first-order valence-electron chi connectivity index (χ1n) is 7.38. The van der Waals surface area contributed by atoms with E-state index in [0.717, 1.165) is 19.4 Å². The molecule has 2 rings (SSSR count). The highest BCUT2D eigenvalue weighted by Gasteiger charge is 2.30. The summed E-state index contributed by atoms with van der Waals surface area (Å²) in [6.45, 7) is 7.80. The molecule has 2 amide bonds. The van der Waals surface area contributed by atoms with Gasteiger partial charge in [0.2, 0.25) is 11.8 Å². The first-order chi connectivity index (χ1) is 9.08. The average molecular weight is 267 g/mol. The van der Waals surface area contributed by atoms with Crippen LogP contribution < -0.4 is 5.32 Å². The molecule has 0 aromatic carbocycles. The van der Waals surface area contributed by atoms with Crippen LogP contribution >= 0.6 is 0 Å². The van der Waals surface area contributed by atoms with Crippen molar-refractivity contribution in [3.05, 3.63) is 0 Å². The summed E-state index contributed by atoms with van der Waals surface area (Å²) >= 11 is 0. The zero-order valence-corrected chi connectivity index (χ0v) is 12.0. The van der Waals surface area contributed by atoms with E-state index in [1.165, 1.54) is 0 Å². The average Bonchev–Trinajstić information content (AvgIpc) is 2.91. The van der Waals surface area contributed by atoms with Gasteiger partial charge >= 0.3 is 0 Å². The Morgan fingerprint density at radius 1 is 1.16 bits per heavy atom. The normalized spacial score (nSPS) is 24.1. The van der Waals surface area contributed by atoms with E-state index < -0.39 is 0 Å². The minimum absolute atomic E-state index is 0.0120. The van der Waals surface area contributed by atoms with Crippen molar-refractivity contribution < 1.29 is 9.59 Å². The zero-order chi connectivity index (χ0) is 13.8. The van der Waals surface area contributed by atoms with Crippen molar-refractivity contribution in [2.75, 3.05) is 32.7 Å². The third-order valence-corrected chi connectivity index (χ3v) is 3.89. The number of carbonyl (C=O) groups is 2. The molecule has 0 aliphatic carbocycles. The van der Waals surface area contributed by atoms with E-state index in [4.69, 9.17) is 0 Å². The van der Waals surface area contributed by atoms with Gasteiger partial charge in [-0.25, -0.2) is 0 Å². The first-order valence-corrected chi connectivity index (χ1v) is 7.38. The van der Waals surface area contributed by atoms with Gasteiger partial charge in [-0.15, -0.1) is 0 Å². The fraction of sp³-hybridized carbons (Fsp3) is 0.857. The maximum absolute atomic E-state index is 12.2. The highest BCUT2D eigenvalue weighted by Crippen LogP contribution is 2.12. The second-order valence-electron chi connectivity index (χ2n) is 5.95. The molecule has 0 aromatic heterocycles. The first kappa shape index (κ1) is 14.3. The second-order valence-corrected chi connectivity index (χ2v) is 5.95. The van der Waals surface area contributed by atoms with Gasteiger partial charge in [-0.05, 0) is 25.3 Å². The molecular weight excluding hydrogens is 242 g/mol. The van der Waals surface area contributed by atoms with Crippen LogP contribution in [-0.4, -0.2) is 60.4 Å². The van der Waals surface area contributed by atoms with Gasteiger partial charge in [0.15, 0.2) is 0 Å². The van der Waals surface area contributed by atoms with E-state index in [0.29, 0.717) is 38.5 Å². The molecule has 0 radical (unpaired) electrons. The number of rotatable bonds is 3. The minimum atomic E-state index is 0.0120. The standard InChI is InChI=1S/C14H25N3O2/c1-11(2)10-13(18)16-6-8-17(9-7-16)14(19)12-4-3-5-15-12/h11-12,15H,3-10H2,1-2H3/t12-/m0/s1. The van der Waals surface area contributed by atoms with E-state index in [-0.39, 0.29) is 17.9 Å². The molecule has 2 heterocycles. The third-order valence-electron chi connectivity index (χ3n) is 3.89. The summed E-state index contributed by atoms with van der Waals surface area (Å²) in [6.07, 6.45) is 2.65. The van der Waals surface area contributed by atoms with E-state index in [9.17, 15) is 9.59 Å². The lowest BCUT2D eigenvalue weighted by atomic mass is 10.1. The Balaban J connectivity index is 1.78. The van der Waals surface area contributed by atoms with Gasteiger partial charge < -0.3 is 15.1 Å². The predicted octanol–water partition coefficient (Wildman–Crippen LogP) is 0.455. The molecule has 0 aromatic rings. The molecule has 1 N–H and O–H groups in total. The number of nitrogens with one attached hydrogen (secondary N) is 1. The van der Waals surface area contributed by atoms with E-state index in [2.05, 4.69) is 19.2 Å². The molecule has 0 saturated carbocycles. The van der Waals surface area contributed by atoms with Crippen LogP contribution in [-0.2, 0) is 9.59 Å². The summed E-state index contributed by atoms with van der Waals surface area (Å²) in [5.74, 6) is 0.837. The summed E-state index contributed by atoms with van der Waals surface area (Å²) in [5, 5.41) is 3.24. The van der Waals surface area contributed by atoms with Crippen LogP contribution in [0.1, 0.15) is 33.1 Å². The van der Waals surface area contributed by atoms with E-state index in [1.54, 1.807) is 0 Å². The molecule has 19 heavy (non-hydrogen) atoms. The van der Waals surface area contributed by atoms with Gasteiger partial charge in [-0.1, -0.05) is 13.8 Å². The number of piperazine rings is 1. The Labute approximate surface area is 115 Å². The van der Waals surface area contributed by atoms with Gasteiger partial charge in [0.05, 0.1) is 6.04 Å². The molecule has 1 atom stereocenters. The van der Waals surface area contributed by atoms with Crippen molar-refractivity contribution in [3.63, 3.8) is 0 Å². The van der Waals surface area contributed by atoms with Crippen LogP contribution in [0, 0.1) is 5.92 Å². The fourth-order valence-corrected chi connectivity index (χ4v) is 2.77. The summed E-state index contributed by atoms with van der Waals surface area (Å²) in [4.78, 5) is 28.0. The lowest BCUT2D eigenvalue weighted by Crippen LogP contribution is -2.54. The van der Waals surface area contributed by atoms with Crippen molar-refractivity contribution >= 4 is 11.8 Å². The molecule has 2 aliphatic rings. The molecule has 2 fully saturated rings. The molecule has 108 valence electrons. The summed E-state index contributed by atoms with van der Waals surface area (Å²) in [6, 6.07) is 0.0120. The summed E-state index contributed by atoms with van der Waals surface area (Å²) in [7, 11) is 0. The number of carbonyl (C=O) groups excluding carboxylic acids is 2. The number of hydrogen-bond donors (Lipinski definition) is 1. The van der Waals surface area contributed by atoms with Gasteiger partial charge in [0.1, 0.15) is 0 Å². The molecule has 2 saturated heterocycles. The van der Waals surface area contributed by atoms with Crippen LogP contribution in [0.4, 0.5) is 0 Å². The van der Waals surface area contributed by atoms with Gasteiger partial charge in [-0.3, -0.25) is 9.59 Å². The monoisotopic (exact) mass is 267 g/mol. The Morgan fingerprint density at radius 3 is 2.32 bits per heavy atom. The predicted molar refractivity (Wildman–Crippen MR) is 73.6 cm³/mol. The number of hydrogen-bond acceptors (Lipinski definition) is 3. The van der Waals surface area contributed by atoms with Crippen molar-refractivity contribution in [2.45, 2.75) is 39.2 Å². The third kappa shape index (κ3) is 3.69. The molecular formula is C14H25N3O2. The largest absolute Gasteiger partial charge is 0.339 e. The van der Waals surface area contributed by atoms with Crippen LogP contribution in [0.2, 0.25) is 0 Å². The molecule has 0 spiro atoms. The van der Waals surface area contributed by atoms with Crippen LogP contribution in [0.25, 0.3) is 0 Å². The molecule has 2 aliphatic heterocycles. The van der Waals surface area contributed by atoms with Crippen molar-refractivity contribution in [3.8, 4) is 0 Å². The van der Waals surface area contributed by atoms with Crippen LogP contribution in [0.15, 0.2) is 0 Å². The highest BCUT2D eigenvalue weighted by atomic mass is 16.2. The smallest absolute Gasteiger partial charge is 0.239 e. The van der Waals surface area contributed by atoms with E-state index >= 15 is 0 Å². The summed E-state index contributed by atoms with van der Waals surface area (Å²) < 4.78 is 0. The molecule has 0 bridgehead atoms. The van der Waals surface area contributed by atoms with Gasteiger partial charge in [0.25, 0.3) is 0 Å². The Bertz CT molecular complexity index is 330. The lowest BCUT2D eigenvalue weighted by Gasteiger charge is -2.36. The van der Waals surface area contributed by atoms with Gasteiger partial charge in [-0.2, -0.15) is 0 Å². The highest BCUT2D eigenvalue weighted by molar-refractivity contribution is 5.83. The Kier molecular flexibility index (Phi) is 4.80. The van der Waals surface area contributed by atoms with Gasteiger partial charge in [0, 0.05) is 32.6 Å². The minimum Gasteiger partial charge on any atom is -0.339 e. The fourth-order valence-electron chi connectivity index (χ4n) is 2.77. The van der Waals surface area contributed by atoms with Crippen molar-refractivity contribution in [2.24, 2.45) is 5.92 Å². The summed E-state index contributed by atoms with van der Waals surface area (Å²) in [5.41, 5.74) is 0. The zero-order valence-electron chi connectivity index (χ0n) is 12.0. The van der Waals surface area contributed by atoms with Crippen molar-refractivity contribution in [1.82, 2.24) is 15.1 Å². The number of nitrogens with zero attached hydrogens (tertiary/aromatic N) is 2. The molecule has 5 heteroatoms. The Hall–Kier alpha value is -1.10. The maximum Gasteiger partial charge on any atom is 0.239 e. The second kappa shape index (κ2) is 6.37. The number of amides is 2. The lowest BCUT2D eigenvalue weighted by molar-refractivity contribution is -0.141. The van der Waals surface area contributed by atoms with Crippen molar-refractivity contribution in [1.29, 1.82) is 0 Å². The van der Waals surface area contributed by atoms with E-state index in [1.807, 2.05) is 9.80 Å². The quantitative estimate of drug-likeness (QED) is 0.808. The topological polar surface area (TPSA) is 52.7 Å². The Morgan fingerprint density at radius 2 is 1.79 bits per heavy atom. The molecule has 0 unspecified atom stereocenters. The maximum atomic E-state index is 12.2. The van der Waals surface area contributed by atoms with Crippen LogP contribution in [0.5, 0.6) is 0 Å².